The quantitative estimate of drug-likeness (QED) is 0.279. The zero-order valence-corrected chi connectivity index (χ0v) is 23.2. The molecule has 0 saturated carbocycles. The predicted octanol–water partition coefficient (Wildman–Crippen LogP) is 7.28. The molecule has 5 nitrogen and oxygen atoms in total. The maximum Gasteiger partial charge on any atom is 0.152 e. The van der Waals surface area contributed by atoms with E-state index in [2.05, 4.69) is 38.0 Å². The number of ketones is 1. The molecule has 0 saturated heterocycles. The molecular formula is C29H47N3O2. The van der Waals surface area contributed by atoms with Gasteiger partial charge in [0.05, 0.1) is 5.82 Å². The van der Waals surface area contributed by atoms with E-state index in [0.29, 0.717) is 5.75 Å². The summed E-state index contributed by atoms with van der Waals surface area (Å²) in [6.45, 7) is 23.5. The van der Waals surface area contributed by atoms with Gasteiger partial charge in [0.15, 0.2) is 5.78 Å². The molecule has 0 fully saturated rings. The zero-order valence-electron chi connectivity index (χ0n) is 23.2. The lowest BCUT2D eigenvalue weighted by Crippen LogP contribution is -2.13. The van der Waals surface area contributed by atoms with Crippen LogP contribution in [0, 0.1) is 26.2 Å². The maximum absolute atomic E-state index is 10.6. The van der Waals surface area contributed by atoms with Gasteiger partial charge in [-0.1, -0.05) is 65.0 Å². The number of rotatable bonds is 4. The molecular weight excluding hydrogens is 422 g/mol. The minimum Gasteiger partial charge on any atom is -0.508 e. The van der Waals surface area contributed by atoms with Crippen LogP contribution in [0.5, 0.6) is 5.75 Å². The highest BCUT2D eigenvalue weighted by Crippen LogP contribution is 2.24. The van der Waals surface area contributed by atoms with Gasteiger partial charge in [-0.05, 0) is 81.0 Å². The lowest BCUT2D eigenvalue weighted by Gasteiger charge is -2.18. The number of nitrogen functional groups attached to an aromatic ring is 1. The summed E-state index contributed by atoms with van der Waals surface area (Å²) < 4.78 is 0. The molecule has 0 heterocycles. The van der Waals surface area contributed by atoms with Gasteiger partial charge >= 0.3 is 0 Å². The van der Waals surface area contributed by atoms with Crippen LogP contribution in [0.3, 0.4) is 0 Å². The van der Waals surface area contributed by atoms with Crippen molar-refractivity contribution in [2.45, 2.75) is 69.2 Å². The number of carbonyl (C=O) groups excluding carboxylic acids is 1. The highest BCUT2D eigenvalue weighted by Gasteiger charge is 2.12. The lowest BCUT2D eigenvalue weighted by atomic mass is 9.87. The number of benzene rings is 2. The summed E-state index contributed by atoms with van der Waals surface area (Å²) in [7, 11) is 1.83. The van der Waals surface area contributed by atoms with E-state index in [1.165, 1.54) is 0 Å². The van der Waals surface area contributed by atoms with Crippen LogP contribution in [0.25, 0.3) is 0 Å². The third kappa shape index (κ3) is 14.0. The van der Waals surface area contributed by atoms with Gasteiger partial charge in [0.25, 0.3) is 0 Å². The average Bonchev–Trinajstić information content (AvgIpc) is 2.75. The molecule has 0 aliphatic heterocycles. The Labute approximate surface area is 208 Å². The minimum absolute atomic E-state index is 0.131. The zero-order chi connectivity index (χ0) is 27.1. The number of hydrogen-bond acceptors (Lipinski definition) is 5. The van der Waals surface area contributed by atoms with Gasteiger partial charge in [-0.3, -0.25) is 4.79 Å². The highest BCUT2D eigenvalue weighted by atomic mass is 16.3. The first-order chi connectivity index (χ1) is 15.7. The van der Waals surface area contributed by atoms with Crippen molar-refractivity contribution in [1.82, 2.24) is 5.32 Å². The number of phenols is 1. The maximum atomic E-state index is 10.6. The van der Waals surface area contributed by atoms with E-state index in [1.807, 2.05) is 78.9 Å². The first-order valence-corrected chi connectivity index (χ1v) is 11.6. The number of para-hydroxylation sites is 1. The first-order valence-electron chi connectivity index (χ1n) is 11.6. The van der Waals surface area contributed by atoms with E-state index in [1.54, 1.807) is 19.1 Å². The van der Waals surface area contributed by atoms with Crippen LogP contribution in [0.4, 0.5) is 11.4 Å². The molecule has 5 N–H and O–H groups in total. The Kier molecular flexibility index (Phi) is 15.9. The van der Waals surface area contributed by atoms with Crippen LogP contribution in [0.15, 0.2) is 60.4 Å². The Morgan fingerprint density at radius 3 is 1.88 bits per heavy atom. The molecule has 0 aliphatic rings. The van der Waals surface area contributed by atoms with Gasteiger partial charge in [-0.15, -0.1) is 0 Å². The first kappa shape index (κ1) is 33.0. The van der Waals surface area contributed by atoms with Crippen LogP contribution in [0.2, 0.25) is 0 Å². The highest BCUT2D eigenvalue weighted by molar-refractivity contribution is 5.88. The van der Waals surface area contributed by atoms with Gasteiger partial charge in [0.2, 0.25) is 0 Å². The van der Waals surface area contributed by atoms with Gasteiger partial charge in [-0.2, -0.15) is 0 Å². The number of allylic oxidation sites excluding steroid dienone is 2. The Morgan fingerprint density at radius 2 is 1.53 bits per heavy atom. The number of aromatic hydroxyl groups is 1. The van der Waals surface area contributed by atoms with Crippen molar-refractivity contribution < 1.29 is 9.90 Å². The summed E-state index contributed by atoms with van der Waals surface area (Å²) >= 11 is 0. The van der Waals surface area contributed by atoms with Gasteiger partial charge < -0.3 is 21.5 Å². The van der Waals surface area contributed by atoms with Crippen molar-refractivity contribution in [2.75, 3.05) is 18.1 Å². The number of anilines is 2. The van der Waals surface area contributed by atoms with E-state index < -0.39 is 0 Å². The average molecular weight is 470 g/mol. The standard InChI is InChI=1S/C11H17N3.C9H16O.C7H8O.C2H6/c1-7-6-11(14-9(3)13-4)8(2)5-10(7)12;1-7(6-8(2)10)9(3,4)5;1-6-4-2-3-5-7(6)8;1-2/h5-6,13-14H,3,12H2,1-2,4H3;6H,1-5H3;2-5,8H,1H3;1-2H3/b;7-6+;;. The molecule has 0 aliphatic carbocycles. The smallest absolute Gasteiger partial charge is 0.152 e. The minimum atomic E-state index is 0.131. The van der Waals surface area contributed by atoms with Gasteiger partial charge in [-0.25, -0.2) is 0 Å². The molecule has 5 heteroatoms. The van der Waals surface area contributed by atoms with E-state index in [-0.39, 0.29) is 11.2 Å². The Morgan fingerprint density at radius 1 is 1.00 bits per heavy atom. The normalized spacial score (nSPS) is 10.3. The second-order valence-electron chi connectivity index (χ2n) is 8.85. The molecule has 0 radical (unpaired) electrons. The van der Waals surface area contributed by atoms with Crippen molar-refractivity contribution in [1.29, 1.82) is 0 Å². The predicted molar refractivity (Wildman–Crippen MR) is 150 cm³/mol. The number of nitrogens with two attached hydrogens (primary N) is 1. The van der Waals surface area contributed by atoms with Crippen molar-refractivity contribution in [3.63, 3.8) is 0 Å². The molecule has 34 heavy (non-hydrogen) atoms. The van der Waals surface area contributed by atoms with Crippen LogP contribution in [0.1, 0.15) is 65.2 Å². The Hall–Kier alpha value is -3.21. The Balaban J connectivity index is 0. The summed E-state index contributed by atoms with van der Waals surface area (Å²) in [6, 6.07) is 11.2. The molecule has 0 aromatic heterocycles. The fourth-order valence-corrected chi connectivity index (χ4v) is 2.28. The van der Waals surface area contributed by atoms with Crippen LogP contribution >= 0.6 is 0 Å². The summed E-state index contributed by atoms with van der Waals surface area (Å²) in [5, 5.41) is 15.0. The number of carbonyl (C=O) groups is 1. The molecule has 0 bridgehead atoms. The fourth-order valence-electron chi connectivity index (χ4n) is 2.28. The number of aryl methyl sites for hydroxylation is 3. The summed E-state index contributed by atoms with van der Waals surface area (Å²) in [4.78, 5) is 10.6. The van der Waals surface area contributed by atoms with E-state index in [9.17, 15) is 4.79 Å². The topological polar surface area (TPSA) is 87.4 Å². The van der Waals surface area contributed by atoms with Gasteiger partial charge in [0, 0.05) is 18.4 Å². The summed E-state index contributed by atoms with van der Waals surface area (Å²) in [5.41, 5.74) is 12.0. The number of hydrogen-bond donors (Lipinski definition) is 4. The molecule has 0 unspecified atom stereocenters. The second-order valence-corrected chi connectivity index (χ2v) is 8.85. The van der Waals surface area contributed by atoms with Crippen LogP contribution < -0.4 is 16.4 Å². The number of nitrogens with one attached hydrogen (secondary N) is 2. The van der Waals surface area contributed by atoms with Crippen LogP contribution in [-0.2, 0) is 4.79 Å². The Bertz CT molecular complexity index is 918. The summed E-state index contributed by atoms with van der Waals surface area (Å²) in [5.74, 6) is 1.28. The van der Waals surface area contributed by atoms with Crippen molar-refractivity contribution >= 4 is 17.2 Å². The molecule has 0 spiro atoms. The summed E-state index contributed by atoms with van der Waals surface area (Å²) in [6.07, 6.45) is 1.69. The second kappa shape index (κ2) is 16.4. The third-order valence-electron chi connectivity index (χ3n) is 4.92. The monoisotopic (exact) mass is 469 g/mol. The molecule has 2 rings (SSSR count). The SMILES string of the molecule is C=C(NC)Nc1cc(C)c(N)cc1C.CC.CC(=O)/C=C(\C)C(C)(C)C.Cc1ccccc1O. The molecule has 2 aromatic carbocycles. The van der Waals surface area contributed by atoms with Crippen LogP contribution in [-0.4, -0.2) is 17.9 Å². The van der Waals surface area contributed by atoms with Crippen molar-refractivity contribution in [3.8, 4) is 5.75 Å². The fraction of sp³-hybridized carbons (Fsp3) is 0.414. The molecule has 0 amide bonds. The lowest BCUT2D eigenvalue weighted by molar-refractivity contribution is -0.112. The largest absolute Gasteiger partial charge is 0.508 e. The van der Waals surface area contributed by atoms with E-state index in [4.69, 9.17) is 10.8 Å². The van der Waals surface area contributed by atoms with E-state index in [0.717, 1.165) is 39.5 Å². The van der Waals surface area contributed by atoms with Crippen molar-refractivity contribution in [2.24, 2.45) is 5.41 Å². The third-order valence-corrected chi connectivity index (χ3v) is 4.92. The van der Waals surface area contributed by atoms with Crippen molar-refractivity contribution in [3.05, 3.63) is 77.1 Å². The molecule has 190 valence electrons. The molecule has 0 atom stereocenters. The number of phenolic OH excluding ortho intramolecular Hbond substituents is 1. The van der Waals surface area contributed by atoms with Gasteiger partial charge in [0.1, 0.15) is 5.75 Å². The molecule has 2 aromatic rings. The van der Waals surface area contributed by atoms with E-state index >= 15 is 0 Å².